The molecule has 1 N–H and O–H groups in total. The summed E-state index contributed by atoms with van der Waals surface area (Å²) in [5.74, 6) is -0.754. The Hall–Kier alpha value is -1.26. The van der Waals surface area contributed by atoms with Gasteiger partial charge in [0.15, 0.2) is 0 Å². The topological polar surface area (TPSA) is 64.6 Å². The van der Waals surface area contributed by atoms with Crippen molar-refractivity contribution < 1.29 is 19.1 Å². The van der Waals surface area contributed by atoms with Crippen LogP contribution in [0.1, 0.15) is 62.3 Å². The van der Waals surface area contributed by atoms with E-state index in [0.29, 0.717) is 0 Å². The summed E-state index contributed by atoms with van der Waals surface area (Å²) in [6.45, 7) is 16.9. The Morgan fingerprint density at radius 2 is 1.29 bits per heavy atom. The van der Waals surface area contributed by atoms with Crippen molar-refractivity contribution in [1.82, 2.24) is 5.32 Å². The average Bonchev–Trinajstić information content (AvgIpc) is 2.08. The zero-order valence-corrected chi connectivity index (χ0v) is 14.9. The van der Waals surface area contributed by atoms with E-state index in [4.69, 9.17) is 9.47 Å². The Morgan fingerprint density at radius 1 is 0.857 bits per heavy atom. The lowest BCUT2D eigenvalue weighted by Gasteiger charge is -2.32. The molecule has 0 aliphatic carbocycles. The normalized spacial score (nSPS) is 14.3. The second kappa shape index (κ2) is 6.67. The van der Waals surface area contributed by atoms with Gasteiger partial charge in [0, 0.05) is 6.54 Å². The van der Waals surface area contributed by atoms with Gasteiger partial charge in [-0.05, 0) is 47.0 Å². The molecule has 1 atom stereocenters. The minimum absolute atomic E-state index is 0.188. The van der Waals surface area contributed by atoms with Crippen LogP contribution < -0.4 is 5.32 Å². The van der Waals surface area contributed by atoms with Crippen LogP contribution in [0.15, 0.2) is 0 Å². The van der Waals surface area contributed by atoms with Gasteiger partial charge in [0.2, 0.25) is 0 Å². The van der Waals surface area contributed by atoms with Crippen molar-refractivity contribution >= 4 is 12.1 Å². The predicted molar refractivity (Wildman–Crippen MR) is 83.0 cm³/mol. The number of rotatable bonds is 3. The second-order valence-electron chi connectivity index (χ2n) is 8.33. The number of alkyl carbamates (subject to hydrolysis) is 1. The fourth-order valence-corrected chi connectivity index (χ4v) is 1.62. The molecule has 0 rings (SSSR count). The highest BCUT2D eigenvalue weighted by Crippen LogP contribution is 2.28. The molecule has 0 aliphatic heterocycles. The van der Waals surface area contributed by atoms with Gasteiger partial charge >= 0.3 is 12.1 Å². The van der Waals surface area contributed by atoms with Crippen LogP contribution in [-0.2, 0) is 14.3 Å². The number of amides is 1. The summed E-state index contributed by atoms with van der Waals surface area (Å²) in [6.07, 6.45) is -0.527. The van der Waals surface area contributed by atoms with Crippen molar-refractivity contribution in [2.45, 2.75) is 73.5 Å². The molecule has 124 valence electrons. The van der Waals surface area contributed by atoms with E-state index in [-0.39, 0.29) is 17.9 Å². The van der Waals surface area contributed by atoms with Gasteiger partial charge in [-0.15, -0.1) is 0 Å². The molecule has 5 heteroatoms. The van der Waals surface area contributed by atoms with Gasteiger partial charge in [0.1, 0.15) is 11.2 Å². The van der Waals surface area contributed by atoms with Crippen LogP contribution in [0.3, 0.4) is 0 Å². The molecule has 0 aromatic rings. The fourth-order valence-electron chi connectivity index (χ4n) is 1.62. The van der Waals surface area contributed by atoms with E-state index in [1.165, 1.54) is 0 Å². The molecule has 0 radical (unpaired) electrons. The van der Waals surface area contributed by atoms with Crippen molar-refractivity contribution in [3.63, 3.8) is 0 Å². The molecule has 0 aromatic heterocycles. The van der Waals surface area contributed by atoms with Crippen molar-refractivity contribution in [3.8, 4) is 0 Å². The standard InChI is InChI=1S/C16H31NO4/c1-14(2,3)11(12(18)20-15(4,5)6)10-17-13(19)21-16(7,8)9/h11H,10H2,1-9H3,(H,17,19). The average molecular weight is 301 g/mol. The molecule has 1 amide bonds. The Labute approximate surface area is 128 Å². The first-order chi connectivity index (χ1) is 9.12. The summed E-state index contributed by atoms with van der Waals surface area (Å²) >= 11 is 0. The van der Waals surface area contributed by atoms with Crippen molar-refractivity contribution in [2.24, 2.45) is 11.3 Å². The predicted octanol–water partition coefficient (Wildman–Crippen LogP) is 3.52. The Kier molecular flexibility index (Phi) is 6.27. The van der Waals surface area contributed by atoms with E-state index >= 15 is 0 Å². The van der Waals surface area contributed by atoms with Crippen LogP contribution in [0, 0.1) is 11.3 Å². The zero-order chi connectivity index (χ0) is 17.1. The maximum atomic E-state index is 12.3. The van der Waals surface area contributed by atoms with E-state index in [2.05, 4.69) is 5.32 Å². The van der Waals surface area contributed by atoms with Gasteiger partial charge in [0.05, 0.1) is 5.92 Å². The summed E-state index contributed by atoms with van der Waals surface area (Å²) in [6, 6.07) is 0. The lowest BCUT2D eigenvalue weighted by molar-refractivity contribution is -0.163. The first-order valence-corrected chi connectivity index (χ1v) is 7.31. The number of hydrogen-bond acceptors (Lipinski definition) is 4. The maximum Gasteiger partial charge on any atom is 0.407 e. The highest BCUT2D eigenvalue weighted by atomic mass is 16.6. The molecule has 0 fully saturated rings. The zero-order valence-electron chi connectivity index (χ0n) is 14.9. The third-order valence-electron chi connectivity index (χ3n) is 2.59. The van der Waals surface area contributed by atoms with Gasteiger partial charge in [-0.2, -0.15) is 0 Å². The van der Waals surface area contributed by atoms with Crippen molar-refractivity contribution in [2.75, 3.05) is 6.54 Å². The first kappa shape index (κ1) is 19.7. The van der Waals surface area contributed by atoms with E-state index in [0.717, 1.165) is 0 Å². The molecule has 5 nitrogen and oxygen atoms in total. The highest BCUT2D eigenvalue weighted by molar-refractivity contribution is 5.75. The largest absolute Gasteiger partial charge is 0.460 e. The molecule has 0 saturated heterocycles. The number of ether oxygens (including phenoxy) is 2. The van der Waals surface area contributed by atoms with Gasteiger partial charge in [-0.25, -0.2) is 4.79 Å². The number of nitrogens with one attached hydrogen (secondary N) is 1. The monoisotopic (exact) mass is 301 g/mol. The molecule has 0 aliphatic rings. The van der Waals surface area contributed by atoms with Crippen LogP contribution in [0.5, 0.6) is 0 Å². The lowest BCUT2D eigenvalue weighted by Crippen LogP contribution is -2.44. The summed E-state index contributed by atoms with van der Waals surface area (Å²) < 4.78 is 10.6. The van der Waals surface area contributed by atoms with Crippen molar-refractivity contribution in [3.05, 3.63) is 0 Å². The third kappa shape index (κ3) is 9.32. The van der Waals surface area contributed by atoms with E-state index in [1.54, 1.807) is 20.8 Å². The quantitative estimate of drug-likeness (QED) is 0.810. The SMILES string of the molecule is CC(C)(C)OC(=O)NCC(C(=O)OC(C)(C)C)C(C)(C)C. The first-order valence-electron chi connectivity index (χ1n) is 7.31. The minimum atomic E-state index is -0.562. The smallest absolute Gasteiger partial charge is 0.407 e. The minimum Gasteiger partial charge on any atom is -0.460 e. The summed E-state index contributed by atoms with van der Waals surface area (Å²) in [5.41, 5.74) is -1.43. The second-order valence-corrected chi connectivity index (χ2v) is 8.33. The fraction of sp³-hybridized carbons (Fsp3) is 0.875. The van der Waals surface area contributed by atoms with Crippen LogP contribution in [-0.4, -0.2) is 29.8 Å². The Morgan fingerprint density at radius 3 is 1.62 bits per heavy atom. The Bertz CT molecular complexity index is 369. The number of carbonyl (C=O) groups excluding carboxylic acids is 2. The summed E-state index contributed by atoms with van der Waals surface area (Å²) in [5, 5.41) is 2.65. The van der Waals surface area contributed by atoms with Crippen LogP contribution in [0.25, 0.3) is 0 Å². The molecular formula is C16H31NO4. The van der Waals surface area contributed by atoms with E-state index < -0.39 is 23.2 Å². The summed E-state index contributed by atoms with van der Waals surface area (Å²) in [4.78, 5) is 24.0. The molecule has 21 heavy (non-hydrogen) atoms. The molecular weight excluding hydrogens is 270 g/mol. The molecule has 1 unspecified atom stereocenters. The third-order valence-corrected chi connectivity index (χ3v) is 2.59. The number of esters is 1. The van der Waals surface area contributed by atoms with Gasteiger partial charge in [-0.3, -0.25) is 4.79 Å². The van der Waals surface area contributed by atoms with Crippen molar-refractivity contribution in [1.29, 1.82) is 0 Å². The lowest BCUT2D eigenvalue weighted by atomic mass is 9.80. The van der Waals surface area contributed by atoms with Gasteiger partial charge in [-0.1, -0.05) is 20.8 Å². The Balaban J connectivity index is 4.74. The number of hydrogen-bond donors (Lipinski definition) is 1. The van der Waals surface area contributed by atoms with Crippen LogP contribution in [0.4, 0.5) is 4.79 Å². The molecule has 0 bridgehead atoms. The maximum absolute atomic E-state index is 12.3. The molecule has 0 heterocycles. The van der Waals surface area contributed by atoms with E-state index in [1.807, 2.05) is 41.5 Å². The van der Waals surface area contributed by atoms with Gasteiger partial charge in [0.25, 0.3) is 0 Å². The van der Waals surface area contributed by atoms with Crippen LogP contribution >= 0.6 is 0 Å². The summed E-state index contributed by atoms with van der Waals surface area (Å²) in [7, 11) is 0. The number of carbonyl (C=O) groups is 2. The van der Waals surface area contributed by atoms with Crippen LogP contribution in [0.2, 0.25) is 0 Å². The molecule has 0 spiro atoms. The molecule has 0 saturated carbocycles. The molecule has 0 aromatic carbocycles. The highest BCUT2D eigenvalue weighted by Gasteiger charge is 2.35. The van der Waals surface area contributed by atoms with Gasteiger partial charge < -0.3 is 14.8 Å². The van der Waals surface area contributed by atoms with E-state index in [9.17, 15) is 9.59 Å².